The van der Waals surface area contributed by atoms with Gasteiger partial charge in [-0.15, -0.1) is 0 Å². The lowest BCUT2D eigenvalue weighted by Crippen LogP contribution is -2.21. The molecular weight excluding hydrogens is 316 g/mol. The molecule has 0 unspecified atom stereocenters. The van der Waals surface area contributed by atoms with Crippen molar-refractivity contribution in [2.45, 2.75) is 17.9 Å². The van der Waals surface area contributed by atoms with Crippen LogP contribution in [0.1, 0.15) is 28.9 Å². The summed E-state index contributed by atoms with van der Waals surface area (Å²) in [5, 5.41) is 12.2. The van der Waals surface area contributed by atoms with Gasteiger partial charge in [-0.25, -0.2) is 17.9 Å². The van der Waals surface area contributed by atoms with E-state index in [1.54, 1.807) is 0 Å². The predicted molar refractivity (Wildman–Crippen MR) is 88.1 cm³/mol. The Kier molecular flexibility index (Phi) is 5.02. The Morgan fingerprint density at radius 3 is 2.35 bits per heavy atom. The lowest BCUT2D eigenvalue weighted by atomic mass is 10.1. The number of aromatic carboxylic acids is 1. The van der Waals surface area contributed by atoms with E-state index in [1.165, 1.54) is 19.2 Å². The maximum atomic E-state index is 12.2. The summed E-state index contributed by atoms with van der Waals surface area (Å²) in [5.74, 6) is -1.18. The summed E-state index contributed by atoms with van der Waals surface area (Å²) in [4.78, 5) is 11.0. The van der Waals surface area contributed by atoms with Crippen molar-refractivity contribution in [3.8, 4) is 0 Å². The molecule has 0 spiro atoms. The standard InChI is InChI=1S/C16H18N2O4S/c1-11(12-6-4-3-5-7-12)18-14-9-8-13(16(19)20)10-15(14)23(21,22)17-2/h3-11,17-18H,1-2H3,(H,19,20)/t11-/m0/s1. The van der Waals surface area contributed by atoms with Gasteiger partial charge >= 0.3 is 5.97 Å². The number of hydrogen-bond donors (Lipinski definition) is 3. The highest BCUT2D eigenvalue weighted by Crippen LogP contribution is 2.27. The molecule has 0 saturated carbocycles. The Balaban J connectivity index is 2.44. The molecule has 0 aliphatic carbocycles. The van der Waals surface area contributed by atoms with E-state index >= 15 is 0 Å². The summed E-state index contributed by atoms with van der Waals surface area (Å²) in [7, 11) is -2.50. The molecule has 0 bridgehead atoms. The lowest BCUT2D eigenvalue weighted by molar-refractivity contribution is 0.0696. The highest BCUT2D eigenvalue weighted by atomic mass is 32.2. The third-order valence-corrected chi connectivity index (χ3v) is 4.91. The average Bonchev–Trinajstić information content (AvgIpc) is 2.55. The van der Waals surface area contributed by atoms with Crippen LogP contribution in [0.3, 0.4) is 0 Å². The Morgan fingerprint density at radius 2 is 1.78 bits per heavy atom. The number of benzene rings is 2. The van der Waals surface area contributed by atoms with E-state index < -0.39 is 16.0 Å². The first-order valence-electron chi connectivity index (χ1n) is 6.97. The lowest BCUT2D eigenvalue weighted by Gasteiger charge is -2.18. The molecule has 23 heavy (non-hydrogen) atoms. The number of carbonyl (C=O) groups is 1. The van der Waals surface area contributed by atoms with Crippen molar-refractivity contribution in [2.75, 3.05) is 12.4 Å². The summed E-state index contributed by atoms with van der Waals surface area (Å²) < 4.78 is 26.6. The van der Waals surface area contributed by atoms with Crippen LogP contribution in [0, 0.1) is 0 Å². The smallest absolute Gasteiger partial charge is 0.335 e. The van der Waals surface area contributed by atoms with E-state index in [1.807, 2.05) is 37.3 Å². The van der Waals surface area contributed by atoms with E-state index in [0.717, 1.165) is 11.6 Å². The summed E-state index contributed by atoms with van der Waals surface area (Å²) >= 11 is 0. The van der Waals surface area contributed by atoms with Gasteiger partial charge in [0.2, 0.25) is 10.0 Å². The first-order chi connectivity index (χ1) is 10.8. The van der Waals surface area contributed by atoms with E-state index in [0.29, 0.717) is 5.69 Å². The molecule has 2 aromatic rings. The number of carboxylic acids is 1. The third-order valence-electron chi connectivity index (χ3n) is 3.46. The van der Waals surface area contributed by atoms with Crippen LogP contribution >= 0.6 is 0 Å². The highest BCUT2D eigenvalue weighted by molar-refractivity contribution is 7.89. The maximum absolute atomic E-state index is 12.2. The fourth-order valence-corrected chi connectivity index (χ4v) is 3.08. The van der Waals surface area contributed by atoms with Crippen LogP contribution in [0.2, 0.25) is 0 Å². The first-order valence-corrected chi connectivity index (χ1v) is 8.46. The summed E-state index contributed by atoms with van der Waals surface area (Å²) in [5.41, 5.74) is 1.25. The Morgan fingerprint density at radius 1 is 1.13 bits per heavy atom. The van der Waals surface area contributed by atoms with E-state index in [-0.39, 0.29) is 16.5 Å². The van der Waals surface area contributed by atoms with Crippen molar-refractivity contribution >= 4 is 21.7 Å². The van der Waals surface area contributed by atoms with Gasteiger partial charge in [0.25, 0.3) is 0 Å². The van der Waals surface area contributed by atoms with Gasteiger partial charge in [0.05, 0.1) is 11.3 Å². The molecule has 6 nitrogen and oxygen atoms in total. The van der Waals surface area contributed by atoms with Crippen LogP contribution in [0.5, 0.6) is 0 Å². The van der Waals surface area contributed by atoms with Crippen molar-refractivity contribution in [1.29, 1.82) is 0 Å². The van der Waals surface area contributed by atoms with Crippen LogP contribution in [-0.2, 0) is 10.0 Å². The minimum atomic E-state index is -3.79. The maximum Gasteiger partial charge on any atom is 0.335 e. The highest BCUT2D eigenvalue weighted by Gasteiger charge is 2.20. The van der Waals surface area contributed by atoms with Crippen LogP contribution in [-0.4, -0.2) is 26.5 Å². The molecule has 0 aliphatic rings. The van der Waals surface area contributed by atoms with Gasteiger partial charge in [0, 0.05) is 6.04 Å². The molecule has 0 radical (unpaired) electrons. The second-order valence-electron chi connectivity index (χ2n) is 5.00. The van der Waals surface area contributed by atoms with Crippen molar-refractivity contribution in [3.63, 3.8) is 0 Å². The van der Waals surface area contributed by atoms with Gasteiger partial charge < -0.3 is 10.4 Å². The minimum Gasteiger partial charge on any atom is -0.478 e. The van der Waals surface area contributed by atoms with Crippen molar-refractivity contribution in [1.82, 2.24) is 4.72 Å². The van der Waals surface area contributed by atoms with Gasteiger partial charge in [-0.1, -0.05) is 30.3 Å². The Labute approximate surface area is 135 Å². The number of hydrogen-bond acceptors (Lipinski definition) is 4. The monoisotopic (exact) mass is 334 g/mol. The zero-order valence-electron chi connectivity index (χ0n) is 12.8. The summed E-state index contributed by atoms with van der Waals surface area (Å²) in [6.07, 6.45) is 0. The number of rotatable bonds is 6. The van der Waals surface area contributed by atoms with Crippen LogP contribution in [0.25, 0.3) is 0 Å². The summed E-state index contributed by atoms with van der Waals surface area (Å²) in [6.45, 7) is 1.90. The van der Waals surface area contributed by atoms with Crippen molar-refractivity contribution < 1.29 is 18.3 Å². The van der Waals surface area contributed by atoms with Gasteiger partial charge in [-0.2, -0.15) is 0 Å². The van der Waals surface area contributed by atoms with Gasteiger partial charge in [-0.3, -0.25) is 0 Å². The minimum absolute atomic E-state index is 0.0864. The molecule has 122 valence electrons. The second-order valence-corrected chi connectivity index (χ2v) is 6.86. The quantitative estimate of drug-likeness (QED) is 0.754. The molecule has 0 amide bonds. The normalized spacial score (nSPS) is 12.6. The Bertz CT molecular complexity index is 804. The molecule has 3 N–H and O–H groups in total. The molecule has 2 aromatic carbocycles. The molecule has 0 fully saturated rings. The number of anilines is 1. The van der Waals surface area contributed by atoms with Crippen LogP contribution in [0.4, 0.5) is 5.69 Å². The van der Waals surface area contributed by atoms with E-state index in [4.69, 9.17) is 5.11 Å². The molecule has 2 rings (SSSR count). The SMILES string of the molecule is CNS(=O)(=O)c1cc(C(=O)O)ccc1N[C@@H](C)c1ccccc1. The van der Waals surface area contributed by atoms with Gasteiger partial charge in [0.15, 0.2) is 0 Å². The average molecular weight is 334 g/mol. The molecule has 0 aromatic heterocycles. The summed E-state index contributed by atoms with van der Waals surface area (Å²) in [6, 6.07) is 13.4. The van der Waals surface area contributed by atoms with Crippen molar-refractivity contribution in [2.24, 2.45) is 0 Å². The fraction of sp³-hybridized carbons (Fsp3) is 0.188. The van der Waals surface area contributed by atoms with Gasteiger partial charge in [0.1, 0.15) is 4.90 Å². The van der Waals surface area contributed by atoms with Crippen LogP contribution in [0.15, 0.2) is 53.4 Å². The topological polar surface area (TPSA) is 95.5 Å². The van der Waals surface area contributed by atoms with E-state index in [9.17, 15) is 13.2 Å². The number of sulfonamides is 1. The zero-order valence-corrected chi connectivity index (χ0v) is 13.6. The van der Waals surface area contributed by atoms with Crippen molar-refractivity contribution in [3.05, 3.63) is 59.7 Å². The Hall–Kier alpha value is -2.38. The fourth-order valence-electron chi connectivity index (χ4n) is 2.17. The number of nitrogens with one attached hydrogen (secondary N) is 2. The zero-order chi connectivity index (χ0) is 17.0. The largest absolute Gasteiger partial charge is 0.478 e. The van der Waals surface area contributed by atoms with Gasteiger partial charge in [-0.05, 0) is 37.7 Å². The predicted octanol–water partition coefficient (Wildman–Crippen LogP) is 2.47. The molecule has 0 saturated heterocycles. The third kappa shape index (κ3) is 3.88. The molecule has 7 heteroatoms. The number of carboxylic acid groups (broad SMARTS) is 1. The molecule has 0 aliphatic heterocycles. The van der Waals surface area contributed by atoms with Crippen LogP contribution < -0.4 is 10.0 Å². The molecule has 1 atom stereocenters. The molecular formula is C16H18N2O4S. The van der Waals surface area contributed by atoms with E-state index in [2.05, 4.69) is 10.0 Å². The second kappa shape index (κ2) is 6.80. The molecule has 0 heterocycles. The first kappa shape index (κ1) is 17.0.